The molecule has 0 bridgehead atoms. The first-order valence-corrected chi connectivity index (χ1v) is 4.20. The van der Waals surface area contributed by atoms with E-state index in [1.54, 1.807) is 0 Å². The Morgan fingerprint density at radius 2 is 2.27 bits per heavy atom. The van der Waals surface area contributed by atoms with Gasteiger partial charge in [0.05, 0.1) is 0 Å². The zero-order valence-electron chi connectivity index (χ0n) is 7.88. The van der Waals surface area contributed by atoms with Crippen molar-refractivity contribution in [3.8, 4) is 0 Å². The number of hydrogen-bond acceptors (Lipinski definition) is 0. The lowest BCUT2D eigenvalue weighted by atomic mass is 9.97. The highest BCUT2D eigenvalue weighted by atomic mass is 14.3. The van der Waals surface area contributed by atoms with Gasteiger partial charge in [-0.2, -0.15) is 0 Å². The Balaban J connectivity index is 2.35. The van der Waals surface area contributed by atoms with Crippen LogP contribution in [0.4, 0.5) is 0 Å². The Bertz CT molecular complexity index is 280. The van der Waals surface area contributed by atoms with Crippen LogP contribution in [0.15, 0.2) is 24.3 Å². The summed E-state index contributed by atoms with van der Waals surface area (Å²) >= 11 is 0. The van der Waals surface area contributed by atoms with Crippen LogP contribution >= 0.6 is 0 Å². The molecule has 0 aromatic heterocycles. The van der Waals surface area contributed by atoms with E-state index in [2.05, 4.69) is 31.2 Å². The summed E-state index contributed by atoms with van der Waals surface area (Å²) in [6.07, 6.45) is 1.11. The topological polar surface area (TPSA) is 0 Å². The second-order valence-electron chi connectivity index (χ2n) is 3.45. The third kappa shape index (κ3) is 0.973. The van der Waals surface area contributed by atoms with Crippen molar-refractivity contribution < 1.29 is 1.37 Å². The molecule has 0 fully saturated rings. The zero-order chi connectivity index (χ0) is 8.55. The van der Waals surface area contributed by atoms with Crippen LogP contribution < -0.4 is 0 Å². The van der Waals surface area contributed by atoms with Gasteiger partial charge in [-0.15, -0.1) is 0 Å². The first kappa shape index (κ1) is 5.82. The second-order valence-corrected chi connectivity index (χ2v) is 3.45. The normalized spacial score (nSPS) is 29.7. The summed E-state index contributed by atoms with van der Waals surface area (Å²) in [5.74, 6) is 1.15. The van der Waals surface area contributed by atoms with E-state index in [1.807, 2.05) is 0 Å². The highest BCUT2D eigenvalue weighted by Crippen LogP contribution is 2.36. The van der Waals surface area contributed by atoms with Crippen LogP contribution in [0.25, 0.3) is 0 Å². The average Bonchev–Trinajstić information content (AvgIpc) is 2.44. The third-order valence-corrected chi connectivity index (χ3v) is 2.73. The fourth-order valence-corrected chi connectivity index (χ4v) is 1.88. The molecule has 0 heteroatoms. The molecule has 2 unspecified atom stereocenters. The minimum Gasteiger partial charge on any atom is -0.0620 e. The van der Waals surface area contributed by atoms with Gasteiger partial charge >= 0.3 is 0 Å². The van der Waals surface area contributed by atoms with Crippen molar-refractivity contribution in [2.45, 2.75) is 26.2 Å². The predicted octanol–water partition coefficient (Wildman–Crippen LogP) is 2.98. The molecule has 0 aliphatic heterocycles. The molecule has 2 rings (SSSR count). The van der Waals surface area contributed by atoms with Crippen LogP contribution in [0.2, 0.25) is 0 Å². The Morgan fingerprint density at radius 3 is 3.00 bits per heavy atom. The molecule has 0 amide bonds. The maximum absolute atomic E-state index is 7.41. The molecule has 0 nitrogen and oxygen atoms in total. The maximum Gasteiger partial charge on any atom is 0.0234 e. The van der Waals surface area contributed by atoms with Gasteiger partial charge in [0.15, 0.2) is 0 Å². The van der Waals surface area contributed by atoms with Gasteiger partial charge in [0.1, 0.15) is 0 Å². The van der Waals surface area contributed by atoms with Crippen molar-refractivity contribution in [1.82, 2.24) is 0 Å². The van der Waals surface area contributed by atoms with Crippen molar-refractivity contribution in [3.05, 3.63) is 35.4 Å². The fourth-order valence-electron chi connectivity index (χ4n) is 1.88. The van der Waals surface area contributed by atoms with Crippen molar-refractivity contribution >= 4 is 0 Å². The minimum absolute atomic E-state index is 0.558. The highest BCUT2D eigenvalue weighted by molar-refractivity contribution is 5.35. The van der Waals surface area contributed by atoms with Crippen molar-refractivity contribution in [2.75, 3.05) is 0 Å². The molecule has 2 atom stereocenters. The SMILES string of the molecule is [2H]CC1Cc2ccccc2C1C. The molecule has 0 saturated heterocycles. The van der Waals surface area contributed by atoms with E-state index in [1.165, 1.54) is 11.1 Å². The predicted molar refractivity (Wildman–Crippen MR) is 47.7 cm³/mol. The summed E-state index contributed by atoms with van der Waals surface area (Å²) in [6.45, 7) is 2.81. The molecule has 1 aromatic rings. The first-order valence-electron chi connectivity index (χ1n) is 4.90. The van der Waals surface area contributed by atoms with Gasteiger partial charge < -0.3 is 0 Å². The molecule has 0 spiro atoms. The standard InChI is InChI=1S/C11H14/c1-8-7-10-5-3-4-6-11(10)9(8)2/h3-6,8-9H,7H2,1-2H3/i1D. The van der Waals surface area contributed by atoms with E-state index in [9.17, 15) is 0 Å². The molecular formula is C11H14. The lowest BCUT2D eigenvalue weighted by Crippen LogP contribution is -1.97. The van der Waals surface area contributed by atoms with E-state index in [0.29, 0.717) is 18.7 Å². The summed E-state index contributed by atoms with van der Waals surface area (Å²) in [6, 6.07) is 8.59. The average molecular weight is 147 g/mol. The third-order valence-electron chi connectivity index (χ3n) is 2.73. The molecule has 58 valence electrons. The van der Waals surface area contributed by atoms with Gasteiger partial charge in [0.25, 0.3) is 0 Å². The highest BCUT2D eigenvalue weighted by Gasteiger charge is 2.24. The van der Waals surface area contributed by atoms with Crippen molar-refractivity contribution in [3.63, 3.8) is 0 Å². The number of fused-ring (bicyclic) bond motifs is 1. The zero-order valence-corrected chi connectivity index (χ0v) is 6.88. The minimum atomic E-state index is 0.558. The van der Waals surface area contributed by atoms with Gasteiger partial charge in [0.2, 0.25) is 0 Å². The summed E-state index contributed by atoms with van der Waals surface area (Å²) in [5, 5.41) is 0. The smallest absolute Gasteiger partial charge is 0.0234 e. The summed E-state index contributed by atoms with van der Waals surface area (Å²) in [4.78, 5) is 0. The van der Waals surface area contributed by atoms with Gasteiger partial charge in [-0.3, -0.25) is 0 Å². The second kappa shape index (κ2) is 2.37. The summed E-state index contributed by atoms with van der Waals surface area (Å²) in [5.41, 5.74) is 2.93. The van der Waals surface area contributed by atoms with Gasteiger partial charge in [-0.1, -0.05) is 38.1 Å². The Morgan fingerprint density at radius 1 is 1.45 bits per heavy atom. The molecule has 1 aliphatic carbocycles. The Hall–Kier alpha value is -0.780. The van der Waals surface area contributed by atoms with Crippen LogP contribution in [0.1, 0.15) is 32.2 Å². The summed E-state index contributed by atoms with van der Waals surface area (Å²) < 4.78 is 7.41. The molecular weight excluding hydrogens is 132 g/mol. The maximum atomic E-state index is 7.41. The molecule has 1 aliphatic rings. The van der Waals surface area contributed by atoms with E-state index in [4.69, 9.17) is 1.37 Å². The molecule has 0 saturated carbocycles. The number of rotatable bonds is 0. The van der Waals surface area contributed by atoms with Gasteiger partial charge in [-0.05, 0) is 29.4 Å². The molecule has 0 radical (unpaired) electrons. The van der Waals surface area contributed by atoms with Crippen LogP contribution in [0.3, 0.4) is 0 Å². The molecule has 11 heavy (non-hydrogen) atoms. The monoisotopic (exact) mass is 147 g/mol. The lowest BCUT2D eigenvalue weighted by molar-refractivity contribution is 0.532. The number of benzene rings is 1. The van der Waals surface area contributed by atoms with Crippen LogP contribution in [0.5, 0.6) is 0 Å². The van der Waals surface area contributed by atoms with Crippen molar-refractivity contribution in [1.29, 1.82) is 0 Å². The quantitative estimate of drug-likeness (QED) is 0.529. The van der Waals surface area contributed by atoms with Gasteiger partial charge in [-0.25, -0.2) is 0 Å². The largest absolute Gasteiger partial charge is 0.0620 e. The van der Waals surface area contributed by atoms with Crippen LogP contribution in [-0.2, 0) is 6.42 Å². The van der Waals surface area contributed by atoms with E-state index >= 15 is 0 Å². The Kier molecular flexibility index (Phi) is 1.25. The number of hydrogen-bond donors (Lipinski definition) is 0. The fraction of sp³-hybridized carbons (Fsp3) is 0.455. The van der Waals surface area contributed by atoms with E-state index in [0.717, 1.165) is 6.42 Å². The van der Waals surface area contributed by atoms with E-state index < -0.39 is 0 Å². The van der Waals surface area contributed by atoms with Crippen LogP contribution in [0, 0.1) is 5.92 Å². The van der Waals surface area contributed by atoms with E-state index in [-0.39, 0.29) is 0 Å². The molecule has 0 N–H and O–H groups in total. The first-order chi connectivity index (χ1) is 5.83. The van der Waals surface area contributed by atoms with Gasteiger partial charge in [0, 0.05) is 1.37 Å². The van der Waals surface area contributed by atoms with Crippen molar-refractivity contribution in [2.24, 2.45) is 5.92 Å². The molecule has 1 aromatic carbocycles. The van der Waals surface area contributed by atoms with Crippen LogP contribution in [-0.4, -0.2) is 0 Å². The molecule has 0 heterocycles. The Labute approximate surface area is 69.7 Å². The summed E-state index contributed by atoms with van der Waals surface area (Å²) in [7, 11) is 0. The lowest BCUT2D eigenvalue weighted by Gasteiger charge is -2.08.